The highest BCUT2D eigenvalue weighted by atomic mass is 19.1. The predicted molar refractivity (Wildman–Crippen MR) is 74.6 cm³/mol. The Bertz CT molecular complexity index is 422. The molecule has 1 aliphatic rings. The van der Waals surface area contributed by atoms with Gasteiger partial charge in [-0.25, -0.2) is 4.39 Å². The second-order valence-electron chi connectivity index (χ2n) is 5.42. The number of nitrogens with zero attached hydrogens (tertiary/aromatic N) is 1. The van der Waals surface area contributed by atoms with Gasteiger partial charge in [-0.2, -0.15) is 0 Å². The van der Waals surface area contributed by atoms with Crippen LogP contribution >= 0.6 is 0 Å². The molecule has 0 aliphatic heterocycles. The molecule has 3 nitrogen and oxygen atoms in total. The van der Waals surface area contributed by atoms with Crippen LogP contribution in [0.2, 0.25) is 0 Å². The lowest BCUT2D eigenvalue weighted by Gasteiger charge is -2.31. The number of hydrogen-bond acceptors (Lipinski definition) is 3. The lowest BCUT2D eigenvalue weighted by atomic mass is 9.76. The smallest absolute Gasteiger partial charge is 0.423 e. The summed E-state index contributed by atoms with van der Waals surface area (Å²) in [5, 5.41) is 18.6. The van der Waals surface area contributed by atoms with Crippen LogP contribution in [-0.2, 0) is 6.54 Å². The third-order valence-electron chi connectivity index (χ3n) is 4.00. The van der Waals surface area contributed by atoms with E-state index in [9.17, 15) is 14.4 Å². The fourth-order valence-electron chi connectivity index (χ4n) is 2.87. The Morgan fingerprint density at radius 3 is 2.58 bits per heavy atom. The van der Waals surface area contributed by atoms with Gasteiger partial charge in [0, 0.05) is 12.6 Å². The standard InChI is InChI=1S/C14H21BFNO2/c1-17(13-5-3-2-4-6-13)10-11-7-8-12(16)9-14(11)15(18)19/h7-9,13,18-19H,2-6,10H2,1H3. The molecule has 1 aromatic carbocycles. The average molecular weight is 265 g/mol. The van der Waals surface area contributed by atoms with Crippen LogP contribution in [0.5, 0.6) is 0 Å². The van der Waals surface area contributed by atoms with Gasteiger partial charge in [-0.1, -0.05) is 25.3 Å². The highest BCUT2D eigenvalue weighted by Gasteiger charge is 2.21. The largest absolute Gasteiger partial charge is 0.488 e. The molecule has 2 N–H and O–H groups in total. The molecule has 0 spiro atoms. The van der Waals surface area contributed by atoms with Crippen molar-refractivity contribution in [3.63, 3.8) is 0 Å². The van der Waals surface area contributed by atoms with E-state index in [0.717, 1.165) is 5.56 Å². The van der Waals surface area contributed by atoms with Crippen molar-refractivity contribution in [1.82, 2.24) is 4.90 Å². The third kappa shape index (κ3) is 3.78. The number of rotatable bonds is 4. The van der Waals surface area contributed by atoms with Crippen LogP contribution in [0.1, 0.15) is 37.7 Å². The van der Waals surface area contributed by atoms with E-state index in [4.69, 9.17) is 0 Å². The van der Waals surface area contributed by atoms with E-state index in [1.807, 2.05) is 7.05 Å². The fourth-order valence-corrected chi connectivity index (χ4v) is 2.87. The van der Waals surface area contributed by atoms with Gasteiger partial charge in [0.05, 0.1) is 0 Å². The Hall–Kier alpha value is -0.905. The SMILES string of the molecule is CN(Cc1ccc(F)cc1B(O)O)C1CCCCC1. The van der Waals surface area contributed by atoms with E-state index in [1.54, 1.807) is 6.07 Å². The van der Waals surface area contributed by atoms with Crippen molar-refractivity contribution in [3.8, 4) is 0 Å². The summed E-state index contributed by atoms with van der Waals surface area (Å²) in [6.07, 6.45) is 6.20. The maximum Gasteiger partial charge on any atom is 0.488 e. The Morgan fingerprint density at radius 2 is 1.95 bits per heavy atom. The summed E-state index contributed by atoms with van der Waals surface area (Å²) in [5.74, 6) is -0.438. The summed E-state index contributed by atoms with van der Waals surface area (Å²) in [6, 6.07) is 4.76. The van der Waals surface area contributed by atoms with Gasteiger partial charge < -0.3 is 10.0 Å². The minimum atomic E-state index is -1.62. The zero-order valence-electron chi connectivity index (χ0n) is 11.3. The van der Waals surface area contributed by atoms with Gasteiger partial charge in [0.2, 0.25) is 0 Å². The number of halogens is 1. The molecule has 0 saturated heterocycles. The first-order valence-electron chi connectivity index (χ1n) is 6.92. The molecular formula is C14H21BFNO2. The molecule has 0 bridgehead atoms. The zero-order chi connectivity index (χ0) is 13.8. The summed E-state index contributed by atoms with van der Waals surface area (Å²) >= 11 is 0. The lowest BCUT2D eigenvalue weighted by Crippen LogP contribution is -2.38. The Labute approximate surface area is 114 Å². The van der Waals surface area contributed by atoms with Crippen LogP contribution in [0.15, 0.2) is 18.2 Å². The van der Waals surface area contributed by atoms with Crippen molar-refractivity contribution in [2.45, 2.75) is 44.7 Å². The molecule has 0 radical (unpaired) electrons. The average Bonchev–Trinajstić information content (AvgIpc) is 2.41. The molecule has 1 fully saturated rings. The molecule has 1 aromatic rings. The number of hydrogen-bond donors (Lipinski definition) is 2. The van der Waals surface area contributed by atoms with Gasteiger partial charge in [0.15, 0.2) is 0 Å². The summed E-state index contributed by atoms with van der Waals surface area (Å²) in [6.45, 7) is 0.623. The van der Waals surface area contributed by atoms with Gasteiger partial charge in [-0.05, 0) is 43.0 Å². The predicted octanol–water partition coefficient (Wildman–Crippen LogP) is 1.27. The second kappa shape index (κ2) is 6.50. The van der Waals surface area contributed by atoms with Crippen molar-refractivity contribution < 1.29 is 14.4 Å². The molecular weight excluding hydrogens is 244 g/mol. The molecule has 19 heavy (non-hydrogen) atoms. The van der Waals surface area contributed by atoms with Gasteiger partial charge in [0.25, 0.3) is 0 Å². The zero-order valence-corrected chi connectivity index (χ0v) is 11.3. The van der Waals surface area contributed by atoms with E-state index in [-0.39, 0.29) is 5.46 Å². The Kier molecular flexibility index (Phi) is 4.96. The minimum absolute atomic E-state index is 0.266. The Balaban J connectivity index is 2.09. The fraction of sp³-hybridized carbons (Fsp3) is 0.571. The van der Waals surface area contributed by atoms with E-state index in [1.165, 1.54) is 44.2 Å². The quantitative estimate of drug-likeness (QED) is 0.806. The first-order valence-corrected chi connectivity index (χ1v) is 6.92. The number of benzene rings is 1. The first kappa shape index (κ1) is 14.5. The second-order valence-corrected chi connectivity index (χ2v) is 5.42. The molecule has 0 atom stereocenters. The van der Waals surface area contributed by atoms with Crippen LogP contribution in [0.25, 0.3) is 0 Å². The highest BCUT2D eigenvalue weighted by molar-refractivity contribution is 6.59. The Morgan fingerprint density at radius 1 is 1.26 bits per heavy atom. The molecule has 1 aliphatic carbocycles. The van der Waals surface area contributed by atoms with E-state index in [2.05, 4.69) is 4.90 Å². The van der Waals surface area contributed by atoms with Crippen molar-refractivity contribution in [3.05, 3.63) is 29.6 Å². The van der Waals surface area contributed by atoms with Crippen LogP contribution < -0.4 is 5.46 Å². The monoisotopic (exact) mass is 265 g/mol. The summed E-state index contributed by atoms with van der Waals surface area (Å²) in [7, 11) is 0.429. The molecule has 104 valence electrons. The summed E-state index contributed by atoms with van der Waals surface area (Å²) in [4.78, 5) is 2.23. The molecule has 0 heterocycles. The van der Waals surface area contributed by atoms with Crippen LogP contribution in [0, 0.1) is 5.82 Å². The normalized spacial score (nSPS) is 16.9. The van der Waals surface area contributed by atoms with E-state index < -0.39 is 12.9 Å². The van der Waals surface area contributed by atoms with Crippen molar-refractivity contribution >= 4 is 12.6 Å². The first-order chi connectivity index (χ1) is 9.08. The molecule has 0 unspecified atom stereocenters. The van der Waals surface area contributed by atoms with Crippen molar-refractivity contribution in [1.29, 1.82) is 0 Å². The molecule has 0 aromatic heterocycles. The molecule has 0 amide bonds. The van der Waals surface area contributed by atoms with Crippen LogP contribution in [0.3, 0.4) is 0 Å². The third-order valence-corrected chi connectivity index (χ3v) is 4.00. The molecule has 1 saturated carbocycles. The van der Waals surface area contributed by atoms with Crippen LogP contribution in [-0.4, -0.2) is 35.2 Å². The summed E-state index contributed by atoms with van der Waals surface area (Å²) < 4.78 is 13.2. The topological polar surface area (TPSA) is 43.7 Å². The van der Waals surface area contributed by atoms with Gasteiger partial charge in [-0.15, -0.1) is 0 Å². The highest BCUT2D eigenvalue weighted by Crippen LogP contribution is 2.22. The molecule has 2 rings (SSSR count). The van der Waals surface area contributed by atoms with E-state index >= 15 is 0 Å². The van der Waals surface area contributed by atoms with Gasteiger partial charge >= 0.3 is 7.12 Å². The minimum Gasteiger partial charge on any atom is -0.423 e. The van der Waals surface area contributed by atoms with Crippen molar-refractivity contribution in [2.75, 3.05) is 7.05 Å². The van der Waals surface area contributed by atoms with Crippen LogP contribution in [0.4, 0.5) is 4.39 Å². The lowest BCUT2D eigenvalue weighted by molar-refractivity contribution is 0.185. The maximum absolute atomic E-state index is 13.2. The van der Waals surface area contributed by atoms with Gasteiger partial charge in [0.1, 0.15) is 5.82 Å². The maximum atomic E-state index is 13.2. The van der Waals surface area contributed by atoms with Crippen molar-refractivity contribution in [2.24, 2.45) is 0 Å². The summed E-state index contributed by atoms with van der Waals surface area (Å²) in [5.41, 5.74) is 1.05. The molecule has 5 heteroatoms. The van der Waals surface area contributed by atoms with Gasteiger partial charge in [-0.3, -0.25) is 4.90 Å². The van der Waals surface area contributed by atoms with E-state index in [0.29, 0.717) is 12.6 Å².